The van der Waals surface area contributed by atoms with Gasteiger partial charge in [0.15, 0.2) is 0 Å². The van der Waals surface area contributed by atoms with Crippen molar-refractivity contribution in [3.63, 3.8) is 0 Å². The van der Waals surface area contributed by atoms with E-state index >= 15 is 0 Å². The molecule has 0 saturated heterocycles. The molecule has 0 saturated carbocycles. The molecule has 4 aromatic rings. The quantitative estimate of drug-likeness (QED) is 0.245. The van der Waals surface area contributed by atoms with E-state index in [4.69, 9.17) is 2.85 Å². The van der Waals surface area contributed by atoms with Crippen molar-refractivity contribution in [2.24, 2.45) is 0 Å². The Morgan fingerprint density at radius 3 is 1.20 bits per heavy atom. The molecule has 0 atom stereocenters. The SMILES string of the molecule is [O-][I+2]([O-])OP(c1ccccc1)(c1ccccc1)(c1ccccc1)c1ccc(O)cc1. The Hall–Kier alpha value is -2.28. The Labute approximate surface area is 184 Å². The van der Waals surface area contributed by atoms with Gasteiger partial charge in [-0.05, 0) is 0 Å². The second-order valence-corrected chi connectivity index (χ2v) is 13.4. The molecule has 1 N–H and O–H groups in total. The van der Waals surface area contributed by atoms with Gasteiger partial charge in [-0.15, -0.1) is 0 Å². The molecule has 30 heavy (non-hydrogen) atoms. The third-order valence-electron chi connectivity index (χ3n) is 5.28. The van der Waals surface area contributed by atoms with Gasteiger partial charge in [-0.3, -0.25) is 0 Å². The van der Waals surface area contributed by atoms with Gasteiger partial charge in [0.1, 0.15) is 0 Å². The molecule has 0 bridgehead atoms. The van der Waals surface area contributed by atoms with Crippen molar-refractivity contribution in [3.8, 4) is 5.75 Å². The summed E-state index contributed by atoms with van der Waals surface area (Å²) in [6.45, 7) is -4.13. The molecule has 0 aliphatic heterocycles. The van der Waals surface area contributed by atoms with E-state index in [1.165, 1.54) is 0 Å². The Bertz CT molecular complexity index is 1000. The second-order valence-electron chi connectivity index (χ2n) is 6.82. The average Bonchev–Trinajstić information content (AvgIpc) is 2.80. The molecular formula is C24H20IO4P. The van der Waals surface area contributed by atoms with Crippen LogP contribution < -0.4 is 49.2 Å². The molecule has 152 valence electrons. The zero-order valence-electron chi connectivity index (χ0n) is 16.0. The summed E-state index contributed by atoms with van der Waals surface area (Å²) >= 11 is -4.25. The van der Waals surface area contributed by atoms with Crippen LogP contribution >= 0.6 is 6.83 Å². The first kappa shape index (κ1) is 21.0. The number of phenolic OH excluding ortho intramolecular Hbond substituents is 1. The van der Waals surface area contributed by atoms with Gasteiger partial charge in [-0.2, -0.15) is 0 Å². The Kier molecular flexibility index (Phi) is 5.91. The van der Waals surface area contributed by atoms with Crippen LogP contribution in [0.4, 0.5) is 0 Å². The van der Waals surface area contributed by atoms with Gasteiger partial charge >= 0.3 is 185 Å². The standard InChI is InChI=1S/C24H20IO4P/c26-20-16-18-24(19-17-20)30(29-25(27)28,21-10-4-1-5-11-21,22-12-6-2-7-13-22)23-14-8-3-9-15-23/h1-19,26H. The third-order valence-corrected chi connectivity index (χ3v) is 14.1. The predicted octanol–water partition coefficient (Wildman–Crippen LogP) is -1.43. The molecular weight excluding hydrogens is 510 g/mol. The van der Waals surface area contributed by atoms with Gasteiger partial charge in [-0.25, -0.2) is 0 Å². The van der Waals surface area contributed by atoms with E-state index in [2.05, 4.69) is 0 Å². The number of halogens is 1. The first-order valence-electron chi connectivity index (χ1n) is 9.32. The number of hydrogen-bond donors (Lipinski definition) is 1. The molecule has 4 nitrogen and oxygen atoms in total. The fourth-order valence-corrected chi connectivity index (χ4v) is 14.0. The van der Waals surface area contributed by atoms with Crippen LogP contribution in [0.2, 0.25) is 0 Å². The number of rotatable bonds is 6. The minimum atomic E-state index is -4.25. The molecule has 0 heterocycles. The zero-order valence-corrected chi connectivity index (χ0v) is 19.0. The van der Waals surface area contributed by atoms with E-state index in [0.29, 0.717) is 5.30 Å². The molecule has 6 heteroatoms. The second kappa shape index (κ2) is 8.46. The summed E-state index contributed by atoms with van der Waals surface area (Å²) in [5.41, 5.74) is 0. The summed E-state index contributed by atoms with van der Waals surface area (Å²) in [5.74, 6) is 0.101. The number of hydrogen-bond acceptors (Lipinski definition) is 4. The van der Waals surface area contributed by atoms with Crippen molar-refractivity contribution in [3.05, 3.63) is 115 Å². The van der Waals surface area contributed by atoms with Crippen molar-refractivity contribution < 1.29 is 35.9 Å². The Morgan fingerprint density at radius 2 is 0.867 bits per heavy atom. The Morgan fingerprint density at radius 1 is 0.533 bits per heavy atom. The van der Waals surface area contributed by atoms with Crippen LogP contribution in [0.5, 0.6) is 5.75 Å². The Balaban J connectivity index is 2.29. The first-order valence-corrected chi connectivity index (χ1v) is 14.1. The molecule has 4 rings (SSSR count). The third kappa shape index (κ3) is 3.23. The maximum atomic E-state index is 12.5. The van der Waals surface area contributed by atoms with E-state index in [1.54, 1.807) is 24.3 Å². The van der Waals surface area contributed by atoms with Crippen LogP contribution in [0, 0.1) is 0 Å². The fourth-order valence-electron chi connectivity index (χ4n) is 4.04. The summed E-state index contributed by atoms with van der Waals surface area (Å²) in [5, 5.41) is 13.0. The van der Waals surface area contributed by atoms with Crippen molar-refractivity contribution in [2.75, 3.05) is 0 Å². The molecule has 4 aromatic carbocycles. The molecule has 0 aromatic heterocycles. The first-order chi connectivity index (χ1) is 14.6. The molecule has 0 unspecified atom stereocenters. The van der Waals surface area contributed by atoms with E-state index in [-0.39, 0.29) is 5.75 Å². The van der Waals surface area contributed by atoms with Gasteiger partial charge in [-0.1, -0.05) is 0 Å². The van der Waals surface area contributed by atoms with Crippen LogP contribution in [-0.2, 0) is 2.85 Å². The van der Waals surface area contributed by atoms with Gasteiger partial charge in [0.2, 0.25) is 0 Å². The van der Waals surface area contributed by atoms with Gasteiger partial charge in [0.05, 0.1) is 0 Å². The number of phenols is 1. The van der Waals surface area contributed by atoms with Crippen molar-refractivity contribution in [1.29, 1.82) is 0 Å². The average molecular weight is 530 g/mol. The van der Waals surface area contributed by atoms with Crippen molar-refractivity contribution in [1.82, 2.24) is 0 Å². The normalized spacial score (nSPS) is 13.0. The van der Waals surface area contributed by atoms with Gasteiger partial charge in [0.25, 0.3) is 0 Å². The van der Waals surface area contributed by atoms with Crippen LogP contribution in [0.3, 0.4) is 0 Å². The predicted molar refractivity (Wildman–Crippen MR) is 114 cm³/mol. The summed E-state index contributed by atoms with van der Waals surface area (Å²) < 4.78 is 31.2. The molecule has 0 fully saturated rings. The van der Waals surface area contributed by atoms with Crippen LogP contribution in [0.15, 0.2) is 115 Å². The summed E-state index contributed by atoms with van der Waals surface area (Å²) in [6, 6.07) is 35.2. The monoisotopic (exact) mass is 530 g/mol. The van der Waals surface area contributed by atoms with E-state index in [9.17, 15) is 12.0 Å². The summed E-state index contributed by atoms with van der Waals surface area (Å²) in [6.07, 6.45) is 0. The zero-order chi connectivity index (χ0) is 21.1. The minimum absolute atomic E-state index is 0.101. The van der Waals surface area contributed by atoms with Gasteiger partial charge < -0.3 is 0 Å². The van der Waals surface area contributed by atoms with Crippen LogP contribution in [0.25, 0.3) is 0 Å². The maximum absolute atomic E-state index is 12.5. The van der Waals surface area contributed by atoms with Crippen LogP contribution in [-0.4, -0.2) is 5.11 Å². The van der Waals surface area contributed by atoms with E-state index in [0.717, 1.165) is 15.9 Å². The summed E-state index contributed by atoms with van der Waals surface area (Å²) in [4.78, 5) is 0. The molecule has 0 amide bonds. The number of aromatic hydroxyl groups is 1. The van der Waals surface area contributed by atoms with Crippen molar-refractivity contribution in [2.45, 2.75) is 0 Å². The fraction of sp³-hybridized carbons (Fsp3) is 0. The summed E-state index contributed by atoms with van der Waals surface area (Å²) in [7, 11) is 0. The topological polar surface area (TPSA) is 75.6 Å². The van der Waals surface area contributed by atoms with E-state index < -0.39 is 27.9 Å². The van der Waals surface area contributed by atoms with Gasteiger partial charge in [0, 0.05) is 0 Å². The molecule has 0 aliphatic rings. The molecule has 0 spiro atoms. The molecule has 0 aliphatic carbocycles. The molecule has 0 radical (unpaired) electrons. The number of benzene rings is 4. The van der Waals surface area contributed by atoms with E-state index in [1.807, 2.05) is 91.0 Å². The van der Waals surface area contributed by atoms with Crippen molar-refractivity contribution >= 4 is 28.0 Å². The van der Waals surface area contributed by atoms with Crippen LogP contribution in [0.1, 0.15) is 0 Å².